The number of hydrogen-bond donors (Lipinski definition) is 2. The van der Waals surface area contributed by atoms with Crippen molar-refractivity contribution in [3.05, 3.63) is 46.9 Å². The van der Waals surface area contributed by atoms with E-state index in [1.807, 2.05) is 0 Å². The van der Waals surface area contributed by atoms with E-state index in [0.29, 0.717) is 11.4 Å². The van der Waals surface area contributed by atoms with Gasteiger partial charge in [0.05, 0.1) is 0 Å². The number of cyclic esters (lactones) is 2. The number of aliphatic hydroxyl groups is 1. The summed E-state index contributed by atoms with van der Waals surface area (Å²) in [5.41, 5.74) is -0.191. The number of benzene rings is 1. The fraction of sp³-hybridized carbons (Fsp3) is 0.222. The first-order valence-corrected chi connectivity index (χ1v) is 7.74. The van der Waals surface area contributed by atoms with Gasteiger partial charge in [0, 0.05) is 17.8 Å². The fourth-order valence-electron chi connectivity index (χ4n) is 2.23. The van der Waals surface area contributed by atoms with Gasteiger partial charge in [0.25, 0.3) is 0 Å². The van der Waals surface area contributed by atoms with E-state index >= 15 is 0 Å². The number of Topliss-reactive ketones (excluding diaryl/α,β-unsaturated/α-hetero) is 1. The Kier molecular flexibility index (Phi) is 5.56. The Balaban J connectivity index is 2.30. The van der Waals surface area contributed by atoms with Crippen LogP contribution >= 0.6 is 0 Å². The van der Waals surface area contributed by atoms with Crippen LogP contribution in [0, 0.1) is 0 Å². The van der Waals surface area contributed by atoms with E-state index in [2.05, 4.69) is 10.1 Å². The molecule has 26 heavy (non-hydrogen) atoms. The molecule has 2 N–H and O–H groups in total. The number of anilines is 1. The van der Waals surface area contributed by atoms with Gasteiger partial charge in [-0.2, -0.15) is 0 Å². The lowest BCUT2D eigenvalue weighted by atomic mass is 10.0. The average molecular weight is 359 g/mol. The van der Waals surface area contributed by atoms with E-state index in [-0.39, 0.29) is 23.7 Å². The maximum Gasteiger partial charge on any atom is 0.353 e. The largest absolute Gasteiger partial charge is 0.506 e. The fourth-order valence-corrected chi connectivity index (χ4v) is 2.23. The summed E-state index contributed by atoms with van der Waals surface area (Å²) in [6.45, 7) is 4.24. The topological polar surface area (TPSA) is 119 Å². The van der Waals surface area contributed by atoms with Crippen LogP contribution < -0.4 is 10.1 Å². The first kappa shape index (κ1) is 18.9. The maximum atomic E-state index is 11.9. The summed E-state index contributed by atoms with van der Waals surface area (Å²) in [7, 11) is 0. The molecule has 0 spiro atoms. The Morgan fingerprint density at radius 3 is 2.27 bits per heavy atom. The molecule has 0 radical (unpaired) electrons. The Morgan fingerprint density at radius 2 is 1.73 bits per heavy atom. The van der Waals surface area contributed by atoms with Gasteiger partial charge in [-0.1, -0.05) is 6.92 Å². The zero-order valence-electron chi connectivity index (χ0n) is 14.4. The van der Waals surface area contributed by atoms with Crippen LogP contribution in [0.25, 0.3) is 0 Å². The third-order valence-electron chi connectivity index (χ3n) is 3.50. The molecule has 0 atom stereocenters. The molecule has 2 rings (SSSR count). The summed E-state index contributed by atoms with van der Waals surface area (Å²) in [6, 6.07) is 6.28. The quantitative estimate of drug-likeness (QED) is 0.270. The second kappa shape index (κ2) is 7.64. The first-order chi connectivity index (χ1) is 12.2. The molecule has 1 aromatic rings. The number of aliphatic hydroxyl groups excluding tert-OH is 1. The van der Waals surface area contributed by atoms with Gasteiger partial charge in [0.15, 0.2) is 5.78 Å². The predicted octanol–water partition coefficient (Wildman–Crippen LogP) is 2.17. The summed E-state index contributed by atoms with van der Waals surface area (Å²) in [4.78, 5) is 46.2. The number of hydrogen-bond acceptors (Lipinski definition) is 8. The molecule has 1 heterocycles. The summed E-state index contributed by atoms with van der Waals surface area (Å²) < 4.78 is 9.56. The van der Waals surface area contributed by atoms with Crippen LogP contribution in [0.2, 0.25) is 0 Å². The van der Waals surface area contributed by atoms with Crippen LogP contribution in [0.15, 0.2) is 46.9 Å². The van der Waals surface area contributed by atoms with Gasteiger partial charge in [0.2, 0.25) is 0 Å². The van der Waals surface area contributed by atoms with E-state index in [4.69, 9.17) is 4.74 Å². The molecule has 1 aliphatic heterocycles. The van der Waals surface area contributed by atoms with Crippen LogP contribution in [0.5, 0.6) is 5.75 Å². The van der Waals surface area contributed by atoms with Gasteiger partial charge < -0.3 is 19.9 Å². The zero-order valence-corrected chi connectivity index (χ0v) is 14.4. The summed E-state index contributed by atoms with van der Waals surface area (Å²) in [5.74, 6) is -3.69. The van der Waals surface area contributed by atoms with Crippen LogP contribution in [-0.4, -0.2) is 28.8 Å². The minimum Gasteiger partial charge on any atom is -0.506 e. The van der Waals surface area contributed by atoms with Crippen molar-refractivity contribution in [2.45, 2.75) is 27.2 Å². The minimum atomic E-state index is -1.18. The van der Waals surface area contributed by atoms with Gasteiger partial charge in [-0.05, 0) is 38.1 Å². The Bertz CT molecular complexity index is 847. The number of ether oxygens (including phenoxy) is 2. The monoisotopic (exact) mass is 359 g/mol. The molecule has 8 nitrogen and oxygen atoms in total. The predicted molar refractivity (Wildman–Crippen MR) is 90.1 cm³/mol. The van der Waals surface area contributed by atoms with Crippen molar-refractivity contribution < 1.29 is 33.8 Å². The number of rotatable bonds is 5. The normalized spacial score (nSPS) is 16.1. The van der Waals surface area contributed by atoms with Crippen molar-refractivity contribution in [2.75, 3.05) is 5.32 Å². The third-order valence-corrected chi connectivity index (χ3v) is 3.50. The summed E-state index contributed by atoms with van der Waals surface area (Å²) in [5, 5.41) is 13.0. The van der Waals surface area contributed by atoms with Gasteiger partial charge in [0.1, 0.15) is 22.7 Å². The summed E-state index contributed by atoms with van der Waals surface area (Å²) in [6.07, 6.45) is 0.246. The van der Waals surface area contributed by atoms with Crippen molar-refractivity contribution in [3.63, 3.8) is 0 Å². The van der Waals surface area contributed by atoms with Gasteiger partial charge in [-0.25, -0.2) is 9.59 Å². The van der Waals surface area contributed by atoms with Crippen molar-refractivity contribution in [1.82, 2.24) is 0 Å². The Hall–Kier alpha value is -3.42. The molecule has 8 heteroatoms. The number of nitrogens with one attached hydrogen (secondary N) is 1. The highest BCUT2D eigenvalue weighted by Gasteiger charge is 2.36. The van der Waals surface area contributed by atoms with Crippen LogP contribution in [0.1, 0.15) is 27.2 Å². The van der Waals surface area contributed by atoms with Gasteiger partial charge in [-0.15, -0.1) is 0 Å². The average Bonchev–Trinajstić information content (AvgIpc) is 2.55. The maximum absolute atomic E-state index is 11.9. The third kappa shape index (κ3) is 3.97. The minimum absolute atomic E-state index is 0.178. The highest BCUT2D eigenvalue weighted by Crippen LogP contribution is 2.26. The lowest BCUT2D eigenvalue weighted by Gasteiger charge is -2.18. The molecule has 0 unspecified atom stereocenters. The molecule has 0 saturated carbocycles. The summed E-state index contributed by atoms with van der Waals surface area (Å²) >= 11 is 0. The molecular weight excluding hydrogens is 342 g/mol. The number of carbonyl (C=O) groups excluding carboxylic acids is 4. The van der Waals surface area contributed by atoms with Crippen molar-refractivity contribution >= 4 is 29.4 Å². The molecule has 0 saturated heterocycles. The van der Waals surface area contributed by atoms with Crippen LogP contribution in [0.4, 0.5) is 5.69 Å². The van der Waals surface area contributed by atoms with E-state index in [9.17, 15) is 24.3 Å². The van der Waals surface area contributed by atoms with Crippen molar-refractivity contribution in [3.8, 4) is 5.75 Å². The molecule has 0 aromatic heterocycles. The zero-order chi connectivity index (χ0) is 19.4. The van der Waals surface area contributed by atoms with E-state index < -0.39 is 29.1 Å². The second-order valence-electron chi connectivity index (χ2n) is 5.43. The Labute approximate surface area is 149 Å². The number of carbonyl (C=O) groups is 4. The van der Waals surface area contributed by atoms with Gasteiger partial charge in [-0.3, -0.25) is 9.59 Å². The molecule has 0 bridgehead atoms. The van der Waals surface area contributed by atoms with Crippen LogP contribution in [-0.2, 0) is 23.9 Å². The molecule has 0 aliphatic carbocycles. The first-order valence-electron chi connectivity index (χ1n) is 7.74. The van der Waals surface area contributed by atoms with Gasteiger partial charge >= 0.3 is 17.9 Å². The molecule has 0 fully saturated rings. The lowest BCUT2D eigenvalue weighted by Crippen LogP contribution is -2.29. The smallest absolute Gasteiger partial charge is 0.353 e. The molecule has 1 aromatic carbocycles. The molecule has 136 valence electrons. The number of allylic oxidation sites excluding steroid dienone is 1. The van der Waals surface area contributed by atoms with E-state index in [1.165, 1.54) is 6.92 Å². The molecular formula is C18H17NO7. The van der Waals surface area contributed by atoms with E-state index in [1.54, 1.807) is 31.2 Å². The molecule has 0 amide bonds. The highest BCUT2D eigenvalue weighted by molar-refractivity contribution is 6.23. The lowest BCUT2D eigenvalue weighted by molar-refractivity contribution is -0.155. The van der Waals surface area contributed by atoms with E-state index in [0.717, 1.165) is 6.92 Å². The van der Waals surface area contributed by atoms with Crippen LogP contribution in [0.3, 0.4) is 0 Å². The second-order valence-corrected chi connectivity index (χ2v) is 5.43. The number of ketones is 1. The number of esters is 3. The SMILES string of the molecule is CCC(=O)Oc1ccc(N/C(C)=C2\C(=O)OC(=O)C(C(C)=O)=C2O)cc1. The molecule has 1 aliphatic rings. The van der Waals surface area contributed by atoms with Crippen molar-refractivity contribution in [1.29, 1.82) is 0 Å². The highest BCUT2D eigenvalue weighted by atomic mass is 16.6. The standard InChI is InChI=1S/C18H17NO7/c1-4-13(21)25-12-7-5-11(6-8-12)19-9(2)14-16(22)15(10(3)20)18(24)26-17(14)23/h5-8,19,22H,4H2,1-3H3/b14-9-. The van der Waals surface area contributed by atoms with Crippen molar-refractivity contribution in [2.24, 2.45) is 0 Å². The Morgan fingerprint density at radius 1 is 1.12 bits per heavy atom.